The summed E-state index contributed by atoms with van der Waals surface area (Å²) in [6, 6.07) is 0. The van der Waals surface area contributed by atoms with Crippen molar-refractivity contribution in [3.05, 3.63) is 60.8 Å². The molecule has 0 N–H and O–H groups in total. The molecule has 0 atom stereocenters. The smallest absolute Gasteiger partial charge is 0.305 e. The first kappa shape index (κ1) is 24.2. The molecule has 2 heteroatoms. The molecule has 0 saturated carbocycles. The Bertz CT molecular complexity index is 453. The van der Waals surface area contributed by atoms with Crippen LogP contribution in [0.5, 0.6) is 0 Å². The fraction of sp³-hybridized carbons (Fsp3) is 0.542. The highest BCUT2D eigenvalue weighted by Gasteiger charge is 1.99. The summed E-state index contributed by atoms with van der Waals surface area (Å²) in [7, 11) is 0. The van der Waals surface area contributed by atoms with Crippen LogP contribution >= 0.6 is 0 Å². The van der Waals surface area contributed by atoms with Crippen molar-refractivity contribution in [2.24, 2.45) is 0 Å². The van der Waals surface area contributed by atoms with E-state index in [2.05, 4.69) is 67.7 Å². The van der Waals surface area contributed by atoms with E-state index in [9.17, 15) is 4.79 Å². The molecule has 146 valence electrons. The summed E-state index contributed by atoms with van der Waals surface area (Å²) in [5, 5.41) is 0. The van der Waals surface area contributed by atoms with E-state index in [0.29, 0.717) is 13.0 Å². The largest absolute Gasteiger partial charge is 0.466 e. The average Bonchev–Trinajstić information content (AvgIpc) is 2.64. The maximum Gasteiger partial charge on any atom is 0.305 e. The van der Waals surface area contributed by atoms with E-state index >= 15 is 0 Å². The monoisotopic (exact) mass is 358 g/mol. The van der Waals surface area contributed by atoms with Gasteiger partial charge in [-0.3, -0.25) is 4.79 Å². The molecule has 26 heavy (non-hydrogen) atoms. The first-order valence-electron chi connectivity index (χ1n) is 10.2. The van der Waals surface area contributed by atoms with Gasteiger partial charge in [0, 0.05) is 6.42 Å². The summed E-state index contributed by atoms with van der Waals surface area (Å²) in [6.45, 7) is 4.49. The third kappa shape index (κ3) is 20.2. The predicted octanol–water partition coefficient (Wildman–Crippen LogP) is 7.25. The van der Waals surface area contributed by atoms with Crippen LogP contribution in [0, 0.1) is 0 Å². The van der Waals surface area contributed by atoms with E-state index < -0.39 is 0 Å². The van der Waals surface area contributed by atoms with Crippen LogP contribution in [0.4, 0.5) is 0 Å². The van der Waals surface area contributed by atoms with Crippen LogP contribution in [0.15, 0.2) is 60.8 Å². The zero-order chi connectivity index (χ0) is 19.1. The third-order valence-electron chi connectivity index (χ3n) is 3.71. The van der Waals surface area contributed by atoms with Gasteiger partial charge in [0.05, 0.1) is 6.61 Å². The Kier molecular flexibility index (Phi) is 19.7. The van der Waals surface area contributed by atoms with Crippen molar-refractivity contribution in [1.29, 1.82) is 0 Å². The Balaban J connectivity index is 3.43. The minimum absolute atomic E-state index is 0.0672. The summed E-state index contributed by atoms with van der Waals surface area (Å²) in [4.78, 5) is 11.2. The number of hydrogen-bond donors (Lipinski definition) is 0. The summed E-state index contributed by atoms with van der Waals surface area (Å²) in [5.74, 6) is -0.0672. The van der Waals surface area contributed by atoms with Gasteiger partial charge in [-0.2, -0.15) is 0 Å². The second kappa shape index (κ2) is 21.2. The highest BCUT2D eigenvalue weighted by Crippen LogP contribution is 2.05. The van der Waals surface area contributed by atoms with Gasteiger partial charge in [-0.05, 0) is 58.3 Å². The lowest BCUT2D eigenvalue weighted by Crippen LogP contribution is -2.02. The second-order valence-electron chi connectivity index (χ2n) is 6.11. The quantitative estimate of drug-likeness (QED) is 0.165. The molecule has 0 amide bonds. The van der Waals surface area contributed by atoms with Crippen molar-refractivity contribution in [1.82, 2.24) is 0 Å². The van der Waals surface area contributed by atoms with Crippen LogP contribution in [0.25, 0.3) is 0 Å². The molecule has 0 saturated heterocycles. The number of rotatable bonds is 16. The van der Waals surface area contributed by atoms with Crippen molar-refractivity contribution >= 4 is 5.97 Å². The lowest BCUT2D eigenvalue weighted by atomic mass is 10.1. The second-order valence-corrected chi connectivity index (χ2v) is 6.11. The first-order valence-corrected chi connectivity index (χ1v) is 10.2. The summed E-state index contributed by atoms with van der Waals surface area (Å²) in [6.07, 6.45) is 32.2. The zero-order valence-electron chi connectivity index (χ0n) is 16.9. The topological polar surface area (TPSA) is 26.3 Å². The molecule has 0 aromatic rings. The number of allylic oxidation sites excluding steroid dienone is 10. The summed E-state index contributed by atoms with van der Waals surface area (Å²) in [5.41, 5.74) is 0. The molecule has 0 bridgehead atoms. The van der Waals surface area contributed by atoms with E-state index in [0.717, 1.165) is 57.8 Å². The van der Waals surface area contributed by atoms with Crippen LogP contribution in [-0.4, -0.2) is 12.6 Å². The molecule has 0 aliphatic heterocycles. The van der Waals surface area contributed by atoms with Gasteiger partial charge >= 0.3 is 5.97 Å². The van der Waals surface area contributed by atoms with E-state index in [-0.39, 0.29) is 5.97 Å². The van der Waals surface area contributed by atoms with Crippen LogP contribution in [0.1, 0.15) is 78.1 Å². The number of carbonyl (C=O) groups excluding carboxylic acids is 1. The van der Waals surface area contributed by atoms with Crippen LogP contribution in [-0.2, 0) is 9.53 Å². The number of ether oxygens (including phenoxy) is 1. The van der Waals surface area contributed by atoms with Gasteiger partial charge in [0.15, 0.2) is 0 Å². The average molecular weight is 359 g/mol. The lowest BCUT2D eigenvalue weighted by molar-refractivity contribution is -0.143. The molecule has 0 fully saturated rings. The first-order chi connectivity index (χ1) is 12.8. The van der Waals surface area contributed by atoms with E-state index in [1.165, 1.54) is 0 Å². The van der Waals surface area contributed by atoms with Crippen molar-refractivity contribution in [3.8, 4) is 0 Å². The van der Waals surface area contributed by atoms with Gasteiger partial charge in [0.2, 0.25) is 0 Å². The molecular formula is C24H38O2. The van der Waals surface area contributed by atoms with Crippen molar-refractivity contribution in [3.63, 3.8) is 0 Å². The molecule has 0 heterocycles. The molecule has 0 aromatic carbocycles. The van der Waals surface area contributed by atoms with Gasteiger partial charge < -0.3 is 4.74 Å². The van der Waals surface area contributed by atoms with Crippen LogP contribution < -0.4 is 0 Å². The van der Waals surface area contributed by atoms with Crippen molar-refractivity contribution < 1.29 is 9.53 Å². The number of carbonyl (C=O) groups is 1. The zero-order valence-corrected chi connectivity index (χ0v) is 16.9. The minimum Gasteiger partial charge on any atom is -0.466 e. The van der Waals surface area contributed by atoms with Crippen LogP contribution in [0.2, 0.25) is 0 Å². The van der Waals surface area contributed by atoms with Gasteiger partial charge in [-0.15, -0.1) is 0 Å². The Morgan fingerprint density at radius 2 is 1.15 bits per heavy atom. The maximum atomic E-state index is 11.2. The van der Waals surface area contributed by atoms with Gasteiger partial charge in [0.1, 0.15) is 0 Å². The highest BCUT2D eigenvalue weighted by atomic mass is 16.5. The molecule has 0 aliphatic carbocycles. The number of hydrogen-bond acceptors (Lipinski definition) is 2. The highest BCUT2D eigenvalue weighted by molar-refractivity contribution is 5.69. The summed E-state index contributed by atoms with van der Waals surface area (Å²) >= 11 is 0. The van der Waals surface area contributed by atoms with E-state index in [4.69, 9.17) is 4.74 Å². The molecule has 2 nitrogen and oxygen atoms in total. The minimum atomic E-state index is -0.0672. The predicted molar refractivity (Wildman–Crippen MR) is 114 cm³/mol. The SMILES string of the molecule is CC/C=C/C/C=C/C/C=C/C/C=C/C/C=C/CCCCCC(=O)OCC. The fourth-order valence-corrected chi connectivity index (χ4v) is 2.31. The molecule has 0 aromatic heterocycles. The molecule has 0 spiro atoms. The van der Waals surface area contributed by atoms with Crippen LogP contribution in [0.3, 0.4) is 0 Å². The molecule has 0 rings (SSSR count). The van der Waals surface area contributed by atoms with Gasteiger partial charge in [-0.25, -0.2) is 0 Å². The molecule has 0 radical (unpaired) electrons. The Morgan fingerprint density at radius 3 is 1.65 bits per heavy atom. The standard InChI is InChI=1S/C24H38O2/c1-3-5-6-7-8-9-10-11-12-13-14-15-16-17-18-19-20-21-22-23-24(25)26-4-2/h5-6,8-9,11-12,14-15,17-18H,3-4,7,10,13,16,19-23H2,1-2H3/b6-5+,9-8+,12-11+,15-14+,18-17+. The van der Waals surface area contributed by atoms with Gasteiger partial charge in [-0.1, -0.05) is 74.1 Å². The fourth-order valence-electron chi connectivity index (χ4n) is 2.31. The normalized spacial score (nSPS) is 12.5. The Morgan fingerprint density at radius 1 is 0.654 bits per heavy atom. The maximum absolute atomic E-state index is 11.2. The number of unbranched alkanes of at least 4 members (excludes halogenated alkanes) is 3. The van der Waals surface area contributed by atoms with Gasteiger partial charge in [0.25, 0.3) is 0 Å². The molecule has 0 aliphatic rings. The Hall–Kier alpha value is -1.83. The van der Waals surface area contributed by atoms with E-state index in [1.807, 2.05) is 6.92 Å². The van der Waals surface area contributed by atoms with Crippen molar-refractivity contribution in [2.45, 2.75) is 78.1 Å². The lowest BCUT2D eigenvalue weighted by Gasteiger charge is -2.00. The molecular weight excluding hydrogens is 320 g/mol. The Labute approximate surface area is 161 Å². The molecule has 0 unspecified atom stereocenters. The van der Waals surface area contributed by atoms with Crippen molar-refractivity contribution in [2.75, 3.05) is 6.61 Å². The van der Waals surface area contributed by atoms with E-state index in [1.54, 1.807) is 0 Å². The summed E-state index contributed by atoms with van der Waals surface area (Å²) < 4.78 is 4.91. The number of esters is 1. The third-order valence-corrected chi connectivity index (χ3v) is 3.71.